The second kappa shape index (κ2) is 8.64. The fraction of sp³-hybridized carbons (Fsp3) is 0.562. The Morgan fingerprint density at radius 3 is 2.67 bits per heavy atom. The topological polar surface area (TPSA) is 76.4 Å². The van der Waals surface area contributed by atoms with Gasteiger partial charge in [-0.05, 0) is 44.3 Å². The lowest BCUT2D eigenvalue weighted by atomic mass is 9.87. The second-order valence-electron chi connectivity index (χ2n) is 5.52. The largest absolute Gasteiger partial charge is 0.445 e. The van der Waals surface area contributed by atoms with Gasteiger partial charge < -0.3 is 21.1 Å². The minimum atomic E-state index is -0.328. The maximum absolute atomic E-state index is 11.7. The van der Waals surface area contributed by atoms with Crippen LogP contribution >= 0.6 is 0 Å². The van der Waals surface area contributed by atoms with E-state index in [0.717, 1.165) is 44.3 Å². The summed E-state index contributed by atoms with van der Waals surface area (Å²) >= 11 is 0. The SMILES string of the molecule is NCCCCNC1CC(NC(=O)OCc2ccccc2)C1. The number of nitrogens with two attached hydrogens (primary N) is 1. The van der Waals surface area contributed by atoms with Crippen molar-refractivity contribution in [1.82, 2.24) is 10.6 Å². The second-order valence-corrected chi connectivity index (χ2v) is 5.52. The van der Waals surface area contributed by atoms with E-state index in [1.54, 1.807) is 0 Å². The molecule has 1 saturated carbocycles. The van der Waals surface area contributed by atoms with E-state index in [4.69, 9.17) is 10.5 Å². The number of ether oxygens (including phenoxy) is 1. The van der Waals surface area contributed by atoms with E-state index in [1.165, 1.54) is 0 Å². The lowest BCUT2D eigenvalue weighted by Gasteiger charge is -2.36. The zero-order valence-corrected chi connectivity index (χ0v) is 12.4. The van der Waals surface area contributed by atoms with Gasteiger partial charge in [0.25, 0.3) is 0 Å². The highest BCUT2D eigenvalue weighted by Gasteiger charge is 2.29. The monoisotopic (exact) mass is 291 g/mol. The standard InChI is InChI=1S/C16H25N3O2/c17-8-4-5-9-18-14-10-15(11-14)19-16(20)21-12-13-6-2-1-3-7-13/h1-3,6-7,14-15,18H,4-5,8-12,17H2,(H,19,20). The molecule has 0 heterocycles. The minimum Gasteiger partial charge on any atom is -0.445 e. The summed E-state index contributed by atoms with van der Waals surface area (Å²) < 4.78 is 5.20. The minimum absolute atomic E-state index is 0.236. The Bertz CT molecular complexity index is 419. The molecule has 0 atom stereocenters. The third kappa shape index (κ3) is 5.73. The normalized spacial score (nSPS) is 20.6. The van der Waals surface area contributed by atoms with Gasteiger partial charge in [-0.3, -0.25) is 0 Å². The average molecular weight is 291 g/mol. The Kier molecular flexibility index (Phi) is 6.50. The predicted molar refractivity (Wildman–Crippen MR) is 82.9 cm³/mol. The molecule has 1 amide bonds. The van der Waals surface area contributed by atoms with E-state index in [1.807, 2.05) is 30.3 Å². The van der Waals surface area contributed by atoms with Crippen LogP contribution in [-0.4, -0.2) is 31.3 Å². The first-order valence-corrected chi connectivity index (χ1v) is 7.68. The van der Waals surface area contributed by atoms with Crippen LogP contribution in [0.1, 0.15) is 31.2 Å². The lowest BCUT2D eigenvalue weighted by molar-refractivity contribution is 0.125. The van der Waals surface area contributed by atoms with Crippen molar-refractivity contribution in [2.45, 2.75) is 44.4 Å². The summed E-state index contributed by atoms with van der Waals surface area (Å²) in [5.41, 5.74) is 6.45. The van der Waals surface area contributed by atoms with Gasteiger partial charge in [0.15, 0.2) is 0 Å². The van der Waals surface area contributed by atoms with E-state index >= 15 is 0 Å². The molecule has 1 aliphatic carbocycles. The van der Waals surface area contributed by atoms with Crippen molar-refractivity contribution in [2.24, 2.45) is 5.73 Å². The van der Waals surface area contributed by atoms with E-state index in [9.17, 15) is 4.79 Å². The molecule has 0 bridgehead atoms. The Labute approximate surface area is 126 Å². The zero-order valence-electron chi connectivity index (χ0n) is 12.4. The van der Waals surface area contributed by atoms with Crippen LogP contribution in [0, 0.1) is 0 Å². The van der Waals surface area contributed by atoms with Gasteiger partial charge in [0.1, 0.15) is 6.61 Å². The first-order valence-electron chi connectivity index (χ1n) is 7.68. The fourth-order valence-electron chi connectivity index (χ4n) is 2.41. The molecule has 4 N–H and O–H groups in total. The van der Waals surface area contributed by atoms with Gasteiger partial charge in [-0.2, -0.15) is 0 Å². The molecule has 2 rings (SSSR count). The summed E-state index contributed by atoms with van der Waals surface area (Å²) in [4.78, 5) is 11.7. The number of rotatable bonds is 8. The van der Waals surface area contributed by atoms with E-state index < -0.39 is 0 Å². The highest BCUT2D eigenvalue weighted by Crippen LogP contribution is 2.20. The molecule has 0 saturated heterocycles. The number of hydrogen-bond acceptors (Lipinski definition) is 4. The van der Waals surface area contributed by atoms with Gasteiger partial charge in [0.05, 0.1) is 0 Å². The smallest absolute Gasteiger partial charge is 0.407 e. The number of alkyl carbamates (subject to hydrolysis) is 1. The predicted octanol–water partition coefficient (Wildman–Crippen LogP) is 1.77. The van der Waals surface area contributed by atoms with Crippen molar-refractivity contribution in [3.63, 3.8) is 0 Å². The van der Waals surface area contributed by atoms with Gasteiger partial charge in [-0.1, -0.05) is 30.3 Å². The van der Waals surface area contributed by atoms with Crippen LogP contribution in [0.3, 0.4) is 0 Å². The molecule has 1 fully saturated rings. The van der Waals surface area contributed by atoms with Crippen molar-refractivity contribution in [3.8, 4) is 0 Å². The molecular weight excluding hydrogens is 266 g/mol. The van der Waals surface area contributed by atoms with Crippen molar-refractivity contribution < 1.29 is 9.53 Å². The Morgan fingerprint density at radius 1 is 1.19 bits per heavy atom. The molecule has 0 aromatic heterocycles. The van der Waals surface area contributed by atoms with Crippen LogP contribution in [0.2, 0.25) is 0 Å². The van der Waals surface area contributed by atoms with Crippen molar-refractivity contribution in [3.05, 3.63) is 35.9 Å². The Balaban J connectivity index is 1.52. The maximum atomic E-state index is 11.7. The number of amides is 1. The Hall–Kier alpha value is -1.59. The highest BCUT2D eigenvalue weighted by atomic mass is 16.5. The molecule has 1 aromatic carbocycles. The van der Waals surface area contributed by atoms with Gasteiger partial charge >= 0.3 is 6.09 Å². The van der Waals surface area contributed by atoms with Gasteiger partial charge in [-0.15, -0.1) is 0 Å². The van der Waals surface area contributed by atoms with Crippen molar-refractivity contribution in [2.75, 3.05) is 13.1 Å². The van der Waals surface area contributed by atoms with Gasteiger partial charge in [0, 0.05) is 12.1 Å². The lowest BCUT2D eigenvalue weighted by Crippen LogP contribution is -2.52. The quantitative estimate of drug-likeness (QED) is 0.638. The first kappa shape index (κ1) is 15.8. The summed E-state index contributed by atoms with van der Waals surface area (Å²) in [6, 6.07) is 10.4. The van der Waals surface area contributed by atoms with E-state index in [-0.39, 0.29) is 12.1 Å². The summed E-state index contributed by atoms with van der Waals surface area (Å²) in [7, 11) is 0. The van der Waals surface area contributed by atoms with Gasteiger partial charge in [-0.25, -0.2) is 4.79 Å². The van der Waals surface area contributed by atoms with Crippen LogP contribution < -0.4 is 16.4 Å². The van der Waals surface area contributed by atoms with Crippen molar-refractivity contribution >= 4 is 6.09 Å². The number of benzene rings is 1. The molecule has 116 valence electrons. The summed E-state index contributed by atoms with van der Waals surface area (Å²) in [6.45, 7) is 2.08. The number of unbranched alkanes of at least 4 members (excludes halogenated alkanes) is 1. The van der Waals surface area contributed by atoms with Crippen molar-refractivity contribution in [1.29, 1.82) is 0 Å². The summed E-state index contributed by atoms with van der Waals surface area (Å²) in [6.07, 6.45) is 3.80. The van der Waals surface area contributed by atoms with E-state index in [2.05, 4.69) is 10.6 Å². The molecule has 21 heavy (non-hydrogen) atoms. The number of nitrogens with one attached hydrogen (secondary N) is 2. The molecule has 0 radical (unpaired) electrons. The van der Waals surface area contributed by atoms with Crippen LogP contribution in [0.4, 0.5) is 4.79 Å². The first-order chi connectivity index (χ1) is 10.3. The van der Waals surface area contributed by atoms with Crippen LogP contribution in [-0.2, 0) is 11.3 Å². The van der Waals surface area contributed by atoms with E-state index in [0.29, 0.717) is 12.6 Å². The Morgan fingerprint density at radius 2 is 1.95 bits per heavy atom. The number of hydrogen-bond donors (Lipinski definition) is 3. The molecule has 1 aromatic rings. The van der Waals surface area contributed by atoms with Crippen LogP contribution in [0.5, 0.6) is 0 Å². The third-order valence-electron chi connectivity index (χ3n) is 3.74. The summed E-state index contributed by atoms with van der Waals surface area (Å²) in [5.74, 6) is 0. The van der Waals surface area contributed by atoms with Gasteiger partial charge in [0.2, 0.25) is 0 Å². The molecule has 5 nitrogen and oxygen atoms in total. The fourth-order valence-corrected chi connectivity index (χ4v) is 2.41. The molecular formula is C16H25N3O2. The molecule has 1 aliphatic rings. The molecule has 0 unspecified atom stereocenters. The number of carbonyl (C=O) groups is 1. The number of carbonyl (C=O) groups excluding carboxylic acids is 1. The van der Waals surface area contributed by atoms with Crippen LogP contribution in [0.15, 0.2) is 30.3 Å². The highest BCUT2D eigenvalue weighted by molar-refractivity contribution is 5.67. The zero-order chi connectivity index (χ0) is 14.9. The summed E-state index contributed by atoms with van der Waals surface area (Å²) in [5, 5.41) is 6.36. The van der Waals surface area contributed by atoms with Crippen LogP contribution in [0.25, 0.3) is 0 Å². The molecule has 0 aliphatic heterocycles. The third-order valence-corrected chi connectivity index (χ3v) is 3.74. The molecule has 0 spiro atoms. The average Bonchev–Trinajstić information content (AvgIpc) is 2.47. The molecule has 5 heteroatoms. The maximum Gasteiger partial charge on any atom is 0.407 e.